The molecule has 1 aliphatic rings. The van der Waals surface area contributed by atoms with Gasteiger partial charge in [-0.1, -0.05) is 18.2 Å². The Balaban J connectivity index is 1.60. The molecule has 0 unspecified atom stereocenters. The third-order valence-electron chi connectivity index (χ3n) is 4.59. The van der Waals surface area contributed by atoms with E-state index in [1.807, 2.05) is 32.0 Å². The van der Waals surface area contributed by atoms with Gasteiger partial charge >= 0.3 is 0 Å². The van der Waals surface area contributed by atoms with Gasteiger partial charge in [0.1, 0.15) is 16.5 Å². The zero-order valence-electron chi connectivity index (χ0n) is 16.1. The van der Waals surface area contributed by atoms with Crippen molar-refractivity contribution >= 4 is 45.0 Å². The highest BCUT2D eigenvalue weighted by atomic mass is 32.2. The number of aryl methyl sites for hydroxylation is 2. The maximum Gasteiger partial charge on any atom is 0.239 e. The standard InChI is InChI=1S/C21H24N4OS2/c1-13(2)23-18(26)11-22-20-19-15-9-6-10-16(15)28-21(19)25-17(24-20)12-27-14-7-4-3-5-8-14/h3-5,7-8,13H,6,9-12H2,1-2H3,(H,23,26)(H,22,24,25). The number of anilines is 1. The number of amides is 1. The quantitative estimate of drug-likeness (QED) is 0.563. The van der Waals surface area contributed by atoms with Crippen LogP contribution in [0.25, 0.3) is 10.2 Å². The number of nitrogens with zero attached hydrogens (tertiary/aromatic N) is 2. The van der Waals surface area contributed by atoms with E-state index in [1.54, 1.807) is 23.1 Å². The number of aromatic nitrogens is 2. The predicted molar refractivity (Wildman–Crippen MR) is 117 cm³/mol. The number of nitrogens with one attached hydrogen (secondary N) is 2. The maximum absolute atomic E-state index is 12.1. The highest BCUT2D eigenvalue weighted by Crippen LogP contribution is 2.39. The van der Waals surface area contributed by atoms with Crippen LogP contribution in [-0.2, 0) is 23.4 Å². The van der Waals surface area contributed by atoms with Crippen LogP contribution in [0.5, 0.6) is 0 Å². The largest absolute Gasteiger partial charge is 0.360 e. The first-order chi connectivity index (χ1) is 13.6. The van der Waals surface area contributed by atoms with Crippen LogP contribution in [0.1, 0.15) is 36.5 Å². The normalized spacial score (nSPS) is 13.1. The minimum atomic E-state index is -0.0196. The Morgan fingerprint density at radius 3 is 2.82 bits per heavy atom. The van der Waals surface area contributed by atoms with E-state index in [2.05, 4.69) is 22.8 Å². The minimum Gasteiger partial charge on any atom is -0.360 e. The number of hydrogen-bond acceptors (Lipinski definition) is 6. The van der Waals surface area contributed by atoms with E-state index in [1.165, 1.54) is 21.8 Å². The second-order valence-electron chi connectivity index (χ2n) is 7.20. The molecule has 0 saturated heterocycles. The summed E-state index contributed by atoms with van der Waals surface area (Å²) in [5, 5.41) is 7.32. The van der Waals surface area contributed by atoms with Gasteiger partial charge in [-0.25, -0.2) is 9.97 Å². The van der Waals surface area contributed by atoms with E-state index in [-0.39, 0.29) is 18.5 Å². The Morgan fingerprint density at radius 1 is 1.21 bits per heavy atom. The highest BCUT2D eigenvalue weighted by molar-refractivity contribution is 7.98. The van der Waals surface area contributed by atoms with E-state index >= 15 is 0 Å². The molecule has 0 fully saturated rings. The lowest BCUT2D eigenvalue weighted by Crippen LogP contribution is -2.35. The summed E-state index contributed by atoms with van der Waals surface area (Å²) in [6.07, 6.45) is 3.39. The molecule has 0 bridgehead atoms. The Bertz CT molecular complexity index is 985. The fourth-order valence-electron chi connectivity index (χ4n) is 3.43. The van der Waals surface area contributed by atoms with Crippen molar-refractivity contribution in [2.75, 3.05) is 11.9 Å². The number of rotatable bonds is 7. The molecule has 1 aromatic carbocycles. The number of carbonyl (C=O) groups excluding carboxylic acids is 1. The molecular formula is C21H24N4OS2. The van der Waals surface area contributed by atoms with Gasteiger partial charge in [-0.2, -0.15) is 0 Å². The summed E-state index contributed by atoms with van der Waals surface area (Å²) in [7, 11) is 0. The number of hydrogen-bond donors (Lipinski definition) is 2. The Hall–Kier alpha value is -2.12. The molecule has 3 aromatic rings. The van der Waals surface area contributed by atoms with Crippen molar-refractivity contribution in [1.82, 2.24) is 15.3 Å². The molecule has 0 aliphatic heterocycles. The van der Waals surface area contributed by atoms with Crippen LogP contribution in [0, 0.1) is 0 Å². The molecule has 7 heteroatoms. The van der Waals surface area contributed by atoms with Gasteiger partial charge in [0.15, 0.2) is 0 Å². The Labute approximate surface area is 173 Å². The third-order valence-corrected chi connectivity index (χ3v) is 6.78. The van der Waals surface area contributed by atoms with E-state index in [9.17, 15) is 4.79 Å². The van der Waals surface area contributed by atoms with E-state index in [0.717, 1.165) is 34.7 Å². The van der Waals surface area contributed by atoms with Crippen molar-refractivity contribution in [2.24, 2.45) is 0 Å². The lowest BCUT2D eigenvalue weighted by Gasteiger charge is -2.12. The molecule has 0 saturated carbocycles. The van der Waals surface area contributed by atoms with Gasteiger partial charge in [-0.15, -0.1) is 23.1 Å². The SMILES string of the molecule is CC(C)NC(=O)CNc1nc(CSc2ccccc2)nc2sc3c(c12)CCC3. The lowest BCUT2D eigenvalue weighted by atomic mass is 10.2. The smallest absolute Gasteiger partial charge is 0.239 e. The molecule has 4 rings (SSSR count). The summed E-state index contributed by atoms with van der Waals surface area (Å²) < 4.78 is 0. The summed E-state index contributed by atoms with van der Waals surface area (Å²) in [5.74, 6) is 2.28. The molecular weight excluding hydrogens is 388 g/mol. The minimum absolute atomic E-state index is 0.0196. The predicted octanol–water partition coefficient (Wildman–Crippen LogP) is 4.41. The number of thiophene rings is 1. The molecule has 0 spiro atoms. The molecule has 28 heavy (non-hydrogen) atoms. The van der Waals surface area contributed by atoms with Crippen LogP contribution < -0.4 is 10.6 Å². The molecule has 2 heterocycles. The first-order valence-corrected chi connectivity index (χ1v) is 11.4. The summed E-state index contributed by atoms with van der Waals surface area (Å²) in [4.78, 5) is 25.4. The summed E-state index contributed by atoms with van der Waals surface area (Å²) in [6, 6.07) is 10.4. The zero-order valence-corrected chi connectivity index (χ0v) is 17.8. The van der Waals surface area contributed by atoms with Gasteiger partial charge in [0, 0.05) is 15.8 Å². The van der Waals surface area contributed by atoms with Gasteiger partial charge in [-0.05, 0) is 50.8 Å². The molecule has 1 aliphatic carbocycles. The maximum atomic E-state index is 12.1. The van der Waals surface area contributed by atoms with Crippen molar-refractivity contribution in [3.63, 3.8) is 0 Å². The number of benzene rings is 1. The van der Waals surface area contributed by atoms with Crippen LogP contribution >= 0.6 is 23.1 Å². The molecule has 1 amide bonds. The lowest BCUT2D eigenvalue weighted by molar-refractivity contribution is -0.119. The van der Waals surface area contributed by atoms with Crippen LogP contribution in [0.2, 0.25) is 0 Å². The van der Waals surface area contributed by atoms with Crippen LogP contribution in [0.15, 0.2) is 35.2 Å². The molecule has 5 nitrogen and oxygen atoms in total. The van der Waals surface area contributed by atoms with Crippen LogP contribution in [0.4, 0.5) is 5.82 Å². The fourth-order valence-corrected chi connectivity index (χ4v) is 5.49. The zero-order chi connectivity index (χ0) is 19.5. The van der Waals surface area contributed by atoms with Gasteiger partial charge in [0.2, 0.25) is 5.91 Å². The summed E-state index contributed by atoms with van der Waals surface area (Å²) >= 11 is 3.51. The topological polar surface area (TPSA) is 66.9 Å². The Kier molecular flexibility index (Phi) is 5.82. The summed E-state index contributed by atoms with van der Waals surface area (Å²) in [6.45, 7) is 4.15. The monoisotopic (exact) mass is 412 g/mol. The third kappa shape index (κ3) is 4.31. The number of fused-ring (bicyclic) bond motifs is 3. The molecule has 2 N–H and O–H groups in total. The molecule has 0 radical (unpaired) electrons. The van der Waals surface area contributed by atoms with Crippen molar-refractivity contribution in [3.8, 4) is 0 Å². The van der Waals surface area contributed by atoms with Gasteiger partial charge < -0.3 is 10.6 Å². The molecule has 2 aromatic heterocycles. The molecule has 0 atom stereocenters. The van der Waals surface area contributed by atoms with Crippen LogP contribution in [0.3, 0.4) is 0 Å². The molecule has 146 valence electrons. The second kappa shape index (κ2) is 8.49. The van der Waals surface area contributed by atoms with Crippen molar-refractivity contribution in [1.29, 1.82) is 0 Å². The van der Waals surface area contributed by atoms with E-state index < -0.39 is 0 Å². The van der Waals surface area contributed by atoms with E-state index in [0.29, 0.717) is 5.75 Å². The van der Waals surface area contributed by atoms with Crippen molar-refractivity contribution < 1.29 is 4.79 Å². The Morgan fingerprint density at radius 2 is 2.04 bits per heavy atom. The van der Waals surface area contributed by atoms with Gasteiger partial charge in [0.05, 0.1) is 17.7 Å². The average molecular weight is 413 g/mol. The van der Waals surface area contributed by atoms with E-state index in [4.69, 9.17) is 9.97 Å². The number of thioether (sulfide) groups is 1. The average Bonchev–Trinajstić information content (AvgIpc) is 3.25. The van der Waals surface area contributed by atoms with Crippen molar-refractivity contribution in [3.05, 3.63) is 46.6 Å². The number of carbonyl (C=O) groups is 1. The second-order valence-corrected chi connectivity index (χ2v) is 9.34. The van der Waals surface area contributed by atoms with Crippen molar-refractivity contribution in [2.45, 2.75) is 49.8 Å². The first kappa shape index (κ1) is 19.2. The van der Waals surface area contributed by atoms with Gasteiger partial charge in [-0.3, -0.25) is 4.79 Å². The fraction of sp³-hybridized carbons (Fsp3) is 0.381. The summed E-state index contributed by atoms with van der Waals surface area (Å²) in [5.41, 5.74) is 1.37. The first-order valence-electron chi connectivity index (χ1n) is 9.62. The van der Waals surface area contributed by atoms with Gasteiger partial charge in [0.25, 0.3) is 0 Å². The van der Waals surface area contributed by atoms with Crippen LogP contribution in [-0.4, -0.2) is 28.5 Å². The highest BCUT2D eigenvalue weighted by Gasteiger charge is 2.22.